The van der Waals surface area contributed by atoms with Crippen LogP contribution in [0.15, 0.2) is 18.2 Å². The standard InChI is InChI=1S/C15H24FNO3/c1-15(2,3)20-10-12(18)9-17(4)11-6-7-14(19-5)13(16)8-11/h6-8,12,18H,9-10H2,1-5H3. The first kappa shape index (κ1) is 16.7. The zero-order chi connectivity index (χ0) is 15.3. The highest BCUT2D eigenvalue weighted by molar-refractivity contribution is 5.49. The maximum absolute atomic E-state index is 13.6. The third kappa shape index (κ3) is 5.35. The molecule has 114 valence electrons. The van der Waals surface area contributed by atoms with E-state index < -0.39 is 11.9 Å². The first-order chi connectivity index (χ1) is 9.23. The van der Waals surface area contributed by atoms with Crippen molar-refractivity contribution in [3.63, 3.8) is 0 Å². The molecule has 5 heteroatoms. The molecule has 1 aromatic rings. The maximum Gasteiger partial charge on any atom is 0.167 e. The molecule has 1 rings (SSSR count). The quantitative estimate of drug-likeness (QED) is 0.872. The van der Waals surface area contributed by atoms with Gasteiger partial charge in [-0.05, 0) is 32.9 Å². The molecule has 4 nitrogen and oxygen atoms in total. The highest BCUT2D eigenvalue weighted by atomic mass is 19.1. The van der Waals surface area contributed by atoms with E-state index in [9.17, 15) is 9.50 Å². The molecule has 1 unspecified atom stereocenters. The number of hydrogen-bond donors (Lipinski definition) is 1. The number of benzene rings is 1. The molecule has 0 saturated carbocycles. The zero-order valence-corrected chi connectivity index (χ0v) is 12.8. The molecule has 0 amide bonds. The number of likely N-dealkylation sites (N-methyl/N-ethyl adjacent to an activating group) is 1. The summed E-state index contributed by atoms with van der Waals surface area (Å²) in [6.45, 7) is 6.40. The van der Waals surface area contributed by atoms with Gasteiger partial charge in [-0.1, -0.05) is 0 Å². The van der Waals surface area contributed by atoms with Gasteiger partial charge in [-0.3, -0.25) is 0 Å². The summed E-state index contributed by atoms with van der Waals surface area (Å²) in [4.78, 5) is 1.78. The van der Waals surface area contributed by atoms with Crippen LogP contribution in [0.2, 0.25) is 0 Å². The third-order valence-corrected chi connectivity index (χ3v) is 2.77. The molecule has 0 radical (unpaired) electrons. The number of anilines is 1. The Kier molecular flexibility index (Phi) is 5.77. The smallest absolute Gasteiger partial charge is 0.167 e. The van der Waals surface area contributed by atoms with Crippen molar-refractivity contribution in [1.29, 1.82) is 0 Å². The molecule has 0 aromatic heterocycles. The minimum atomic E-state index is -0.635. The minimum absolute atomic E-state index is 0.207. The topological polar surface area (TPSA) is 41.9 Å². The van der Waals surface area contributed by atoms with Gasteiger partial charge >= 0.3 is 0 Å². The van der Waals surface area contributed by atoms with Crippen molar-refractivity contribution in [3.05, 3.63) is 24.0 Å². The number of methoxy groups -OCH3 is 1. The first-order valence-corrected chi connectivity index (χ1v) is 6.59. The monoisotopic (exact) mass is 285 g/mol. The molecule has 20 heavy (non-hydrogen) atoms. The average molecular weight is 285 g/mol. The highest BCUT2D eigenvalue weighted by Crippen LogP contribution is 2.23. The van der Waals surface area contributed by atoms with Crippen LogP contribution in [0.25, 0.3) is 0 Å². The Morgan fingerprint density at radius 3 is 2.50 bits per heavy atom. The summed E-state index contributed by atoms with van der Waals surface area (Å²) in [6, 6.07) is 4.70. The van der Waals surface area contributed by atoms with Crippen LogP contribution in [-0.4, -0.2) is 44.1 Å². The number of ether oxygens (including phenoxy) is 2. The number of aliphatic hydroxyl groups is 1. The van der Waals surface area contributed by atoms with Crippen LogP contribution in [0.5, 0.6) is 5.75 Å². The normalized spacial score (nSPS) is 13.2. The molecule has 0 aliphatic carbocycles. The summed E-state index contributed by atoms with van der Waals surface area (Å²) in [5.74, 6) is -0.212. The first-order valence-electron chi connectivity index (χ1n) is 6.59. The van der Waals surface area contributed by atoms with Crippen molar-refractivity contribution in [1.82, 2.24) is 0 Å². The molecule has 0 saturated heterocycles. The van der Waals surface area contributed by atoms with Gasteiger partial charge in [0.05, 0.1) is 25.4 Å². The van der Waals surface area contributed by atoms with E-state index in [4.69, 9.17) is 9.47 Å². The summed E-state index contributed by atoms with van der Waals surface area (Å²) in [5, 5.41) is 9.93. The predicted molar refractivity (Wildman–Crippen MR) is 77.9 cm³/mol. The number of halogens is 1. The molecule has 0 fully saturated rings. The predicted octanol–water partition coefficient (Wildman–Crippen LogP) is 2.45. The Hall–Kier alpha value is -1.33. The van der Waals surface area contributed by atoms with Gasteiger partial charge in [0.15, 0.2) is 11.6 Å². The lowest BCUT2D eigenvalue weighted by Crippen LogP contribution is -2.35. The number of hydrogen-bond acceptors (Lipinski definition) is 4. The van der Waals surface area contributed by atoms with Gasteiger partial charge in [-0.15, -0.1) is 0 Å². The van der Waals surface area contributed by atoms with Crippen molar-refractivity contribution in [2.75, 3.05) is 32.2 Å². The molecular weight excluding hydrogens is 261 g/mol. The summed E-state index contributed by atoms with van der Waals surface area (Å²) < 4.78 is 24.0. The molecular formula is C15H24FNO3. The van der Waals surface area contributed by atoms with Gasteiger partial charge in [-0.2, -0.15) is 0 Å². The molecule has 1 atom stereocenters. The van der Waals surface area contributed by atoms with E-state index in [1.165, 1.54) is 13.2 Å². The molecule has 1 N–H and O–H groups in total. The van der Waals surface area contributed by atoms with Crippen molar-refractivity contribution in [2.45, 2.75) is 32.5 Å². The second-order valence-electron chi connectivity index (χ2n) is 5.78. The van der Waals surface area contributed by atoms with Crippen molar-refractivity contribution in [2.24, 2.45) is 0 Å². The lowest BCUT2D eigenvalue weighted by molar-refractivity contribution is -0.0461. The molecule has 0 spiro atoms. The van der Waals surface area contributed by atoms with Crippen LogP contribution >= 0.6 is 0 Å². The summed E-state index contributed by atoms with van der Waals surface area (Å²) >= 11 is 0. The van der Waals surface area contributed by atoms with Gasteiger partial charge in [0.2, 0.25) is 0 Å². The SMILES string of the molecule is COc1ccc(N(C)CC(O)COC(C)(C)C)cc1F. The van der Waals surface area contributed by atoms with Gasteiger partial charge in [0.25, 0.3) is 0 Å². The number of aliphatic hydroxyl groups excluding tert-OH is 1. The van der Waals surface area contributed by atoms with Gasteiger partial charge in [-0.25, -0.2) is 4.39 Å². The summed E-state index contributed by atoms with van der Waals surface area (Å²) in [5.41, 5.74) is 0.393. The van der Waals surface area contributed by atoms with E-state index in [1.54, 1.807) is 24.1 Å². The fourth-order valence-corrected chi connectivity index (χ4v) is 1.71. The van der Waals surface area contributed by atoms with Gasteiger partial charge in [0, 0.05) is 25.3 Å². The Bertz CT molecular complexity index is 432. The van der Waals surface area contributed by atoms with Gasteiger partial charge < -0.3 is 19.5 Å². The van der Waals surface area contributed by atoms with Crippen LogP contribution in [0.4, 0.5) is 10.1 Å². The Labute approximate surface area is 120 Å². The molecule has 1 aromatic carbocycles. The molecule has 0 heterocycles. The largest absolute Gasteiger partial charge is 0.494 e. The number of rotatable bonds is 6. The molecule has 0 aliphatic rings. The highest BCUT2D eigenvalue weighted by Gasteiger charge is 2.16. The average Bonchev–Trinajstić information content (AvgIpc) is 2.35. The van der Waals surface area contributed by atoms with Gasteiger partial charge in [0.1, 0.15) is 0 Å². The van der Waals surface area contributed by atoms with Crippen LogP contribution in [0, 0.1) is 5.82 Å². The van der Waals surface area contributed by atoms with Crippen LogP contribution in [0.3, 0.4) is 0 Å². The second-order valence-corrected chi connectivity index (χ2v) is 5.78. The Balaban J connectivity index is 2.57. The van der Waals surface area contributed by atoms with E-state index in [0.717, 1.165) is 0 Å². The van der Waals surface area contributed by atoms with E-state index in [1.807, 2.05) is 20.8 Å². The Morgan fingerprint density at radius 1 is 1.35 bits per heavy atom. The van der Waals surface area contributed by atoms with E-state index in [2.05, 4.69) is 0 Å². The lowest BCUT2D eigenvalue weighted by Gasteiger charge is -2.26. The lowest BCUT2D eigenvalue weighted by atomic mass is 10.2. The van der Waals surface area contributed by atoms with Crippen LogP contribution in [-0.2, 0) is 4.74 Å². The molecule has 0 aliphatic heterocycles. The fraction of sp³-hybridized carbons (Fsp3) is 0.600. The van der Waals surface area contributed by atoms with E-state index >= 15 is 0 Å². The van der Waals surface area contributed by atoms with E-state index in [-0.39, 0.29) is 18.0 Å². The second kappa shape index (κ2) is 6.90. The minimum Gasteiger partial charge on any atom is -0.494 e. The van der Waals surface area contributed by atoms with Crippen LogP contribution in [0.1, 0.15) is 20.8 Å². The van der Waals surface area contributed by atoms with Crippen molar-refractivity contribution < 1.29 is 19.0 Å². The van der Waals surface area contributed by atoms with Crippen molar-refractivity contribution >= 4 is 5.69 Å². The Morgan fingerprint density at radius 2 is 2.00 bits per heavy atom. The maximum atomic E-state index is 13.6. The summed E-state index contributed by atoms with van der Waals surface area (Å²) in [7, 11) is 3.22. The van der Waals surface area contributed by atoms with Crippen LogP contribution < -0.4 is 9.64 Å². The fourth-order valence-electron chi connectivity index (χ4n) is 1.71. The summed E-state index contributed by atoms with van der Waals surface area (Å²) in [6.07, 6.45) is -0.635. The third-order valence-electron chi connectivity index (χ3n) is 2.77. The number of nitrogens with zero attached hydrogens (tertiary/aromatic N) is 1. The molecule has 0 bridgehead atoms. The van der Waals surface area contributed by atoms with E-state index in [0.29, 0.717) is 12.2 Å². The van der Waals surface area contributed by atoms with Crippen molar-refractivity contribution in [3.8, 4) is 5.75 Å². The zero-order valence-electron chi connectivity index (χ0n) is 12.8.